The van der Waals surface area contributed by atoms with E-state index in [2.05, 4.69) is 0 Å². The van der Waals surface area contributed by atoms with Crippen molar-refractivity contribution < 1.29 is 34.7 Å². The highest BCUT2D eigenvalue weighted by Crippen LogP contribution is 2.26. The van der Waals surface area contributed by atoms with Crippen LogP contribution in [0.15, 0.2) is 0 Å². The Morgan fingerprint density at radius 1 is 1.32 bits per heavy atom. The monoisotopic (exact) mass is 296 g/mol. The van der Waals surface area contributed by atoms with Crippen molar-refractivity contribution in [1.82, 2.24) is 0 Å². The molecule has 19 heavy (non-hydrogen) atoms. The third kappa shape index (κ3) is 4.04. The fourth-order valence-corrected chi connectivity index (χ4v) is 2.90. The van der Waals surface area contributed by atoms with Crippen molar-refractivity contribution in [3.8, 4) is 0 Å². The summed E-state index contributed by atoms with van der Waals surface area (Å²) in [4.78, 5) is 10.9. The highest BCUT2D eigenvalue weighted by Gasteiger charge is 2.44. The summed E-state index contributed by atoms with van der Waals surface area (Å²) in [5, 5.41) is 37.4. The van der Waals surface area contributed by atoms with Crippen molar-refractivity contribution >= 4 is 17.7 Å². The molecule has 1 heterocycles. The largest absolute Gasteiger partial charge is 0.480 e. The Labute approximate surface area is 115 Å². The zero-order chi connectivity index (χ0) is 14.6. The Bertz CT molecular complexity index is 299. The van der Waals surface area contributed by atoms with Gasteiger partial charge in [0, 0.05) is 12.9 Å². The number of carboxylic acids is 1. The Morgan fingerprint density at radius 3 is 2.42 bits per heavy atom. The van der Waals surface area contributed by atoms with Crippen molar-refractivity contribution in [2.45, 2.75) is 49.3 Å². The Hall–Kier alpha value is -0.380. The summed E-state index contributed by atoms with van der Waals surface area (Å²) in [6.07, 6.45) is -5.37. The van der Waals surface area contributed by atoms with Crippen molar-refractivity contribution in [2.75, 3.05) is 12.9 Å². The van der Waals surface area contributed by atoms with Gasteiger partial charge in [-0.25, -0.2) is 0 Å². The Kier molecular flexibility index (Phi) is 6.51. The first kappa shape index (κ1) is 16.7. The summed E-state index contributed by atoms with van der Waals surface area (Å²) in [5.74, 6) is -0.739. The lowest BCUT2D eigenvalue weighted by molar-refractivity contribution is -0.284. The molecule has 0 aromatic heterocycles. The highest BCUT2D eigenvalue weighted by molar-refractivity contribution is 8.00. The molecule has 0 spiro atoms. The molecule has 6 atom stereocenters. The molecule has 0 radical (unpaired) electrons. The quantitative estimate of drug-likeness (QED) is 0.495. The van der Waals surface area contributed by atoms with Crippen LogP contribution in [-0.4, -0.2) is 75.2 Å². The maximum Gasteiger partial charge on any atom is 0.316 e. The van der Waals surface area contributed by atoms with Crippen molar-refractivity contribution in [1.29, 1.82) is 0 Å². The maximum atomic E-state index is 10.9. The number of aliphatic hydroxyl groups is 3. The van der Waals surface area contributed by atoms with Crippen LogP contribution in [0.5, 0.6) is 0 Å². The molecule has 0 aromatic carbocycles. The van der Waals surface area contributed by atoms with Crippen LogP contribution in [0.25, 0.3) is 0 Å². The van der Waals surface area contributed by atoms with E-state index in [9.17, 15) is 20.1 Å². The zero-order valence-corrected chi connectivity index (χ0v) is 11.6. The third-order valence-corrected chi connectivity index (χ3v) is 4.47. The topological polar surface area (TPSA) is 116 Å². The first-order valence-corrected chi connectivity index (χ1v) is 7.04. The van der Waals surface area contributed by atoms with Crippen LogP contribution in [0.2, 0.25) is 0 Å². The summed E-state index contributed by atoms with van der Waals surface area (Å²) < 4.78 is 10.2. The standard InChI is InChI=1S/C11H20O7S/c1-3-6(10(15)16)19-4-5-7(12)8(13)9(14)11(17-2)18-5/h5-9,11-14H,3-4H2,1-2H3,(H,15,16)/t5-,6?,7-,8-,9-,11+/m0/s1. The molecule has 4 N–H and O–H groups in total. The fraction of sp³-hybridized carbons (Fsp3) is 0.909. The van der Waals surface area contributed by atoms with E-state index >= 15 is 0 Å². The van der Waals surface area contributed by atoms with Crippen LogP contribution in [0, 0.1) is 0 Å². The minimum absolute atomic E-state index is 0.190. The second-order valence-corrected chi connectivity index (χ2v) is 5.55. The molecule has 1 unspecified atom stereocenters. The van der Waals surface area contributed by atoms with Gasteiger partial charge in [0.15, 0.2) is 6.29 Å². The second kappa shape index (κ2) is 7.41. The molecule has 7 nitrogen and oxygen atoms in total. The van der Waals surface area contributed by atoms with E-state index in [1.807, 2.05) is 0 Å². The van der Waals surface area contributed by atoms with Crippen LogP contribution >= 0.6 is 11.8 Å². The molecule has 0 amide bonds. The molecule has 0 aromatic rings. The van der Waals surface area contributed by atoms with Gasteiger partial charge in [-0.2, -0.15) is 0 Å². The molecule has 1 fully saturated rings. The number of hydrogen-bond donors (Lipinski definition) is 4. The lowest BCUT2D eigenvalue weighted by atomic mass is 10.00. The SMILES string of the molecule is CCC(SC[C@@H]1O[C@@H](OC)[C@@H](O)[C@@H](O)[C@H]1O)C(=O)O. The number of aliphatic carboxylic acids is 1. The molecule has 112 valence electrons. The van der Waals surface area contributed by atoms with Gasteiger partial charge >= 0.3 is 5.97 Å². The van der Waals surface area contributed by atoms with Gasteiger partial charge < -0.3 is 29.9 Å². The van der Waals surface area contributed by atoms with Crippen LogP contribution in [-0.2, 0) is 14.3 Å². The predicted molar refractivity (Wildman–Crippen MR) is 67.9 cm³/mol. The number of thioether (sulfide) groups is 1. The van der Waals surface area contributed by atoms with Gasteiger partial charge in [0.1, 0.15) is 23.6 Å². The zero-order valence-electron chi connectivity index (χ0n) is 10.8. The molecule has 0 aliphatic carbocycles. The van der Waals surface area contributed by atoms with Crippen molar-refractivity contribution in [3.63, 3.8) is 0 Å². The smallest absolute Gasteiger partial charge is 0.316 e. The van der Waals surface area contributed by atoms with Gasteiger partial charge in [-0.05, 0) is 6.42 Å². The van der Waals surface area contributed by atoms with E-state index < -0.39 is 41.9 Å². The van der Waals surface area contributed by atoms with Gasteiger partial charge in [0.05, 0.1) is 6.10 Å². The highest BCUT2D eigenvalue weighted by atomic mass is 32.2. The van der Waals surface area contributed by atoms with E-state index in [-0.39, 0.29) is 5.75 Å². The molecule has 0 bridgehead atoms. The fourth-order valence-electron chi connectivity index (χ4n) is 1.82. The van der Waals surface area contributed by atoms with E-state index in [0.29, 0.717) is 6.42 Å². The number of hydrogen-bond acceptors (Lipinski definition) is 7. The normalized spacial score (nSPS) is 37.0. The summed E-state index contributed by atoms with van der Waals surface area (Å²) >= 11 is 1.12. The summed E-state index contributed by atoms with van der Waals surface area (Å²) in [5.41, 5.74) is 0. The molecule has 1 aliphatic heterocycles. The lowest BCUT2D eigenvalue weighted by Gasteiger charge is -2.39. The predicted octanol–water partition coefficient (Wildman–Crippen LogP) is -0.963. The molecular formula is C11H20O7S. The summed E-state index contributed by atoms with van der Waals surface area (Å²) in [7, 11) is 1.31. The van der Waals surface area contributed by atoms with E-state index in [4.69, 9.17) is 14.6 Å². The Morgan fingerprint density at radius 2 is 1.95 bits per heavy atom. The average molecular weight is 296 g/mol. The average Bonchev–Trinajstić information content (AvgIpc) is 2.38. The van der Waals surface area contributed by atoms with Gasteiger partial charge in [-0.15, -0.1) is 11.8 Å². The van der Waals surface area contributed by atoms with Crippen LogP contribution < -0.4 is 0 Å². The summed E-state index contributed by atoms with van der Waals surface area (Å²) in [6, 6.07) is 0. The third-order valence-electron chi connectivity index (χ3n) is 3.01. The summed E-state index contributed by atoms with van der Waals surface area (Å²) in [6.45, 7) is 1.75. The Balaban J connectivity index is 2.59. The molecular weight excluding hydrogens is 276 g/mol. The number of carboxylic acid groups (broad SMARTS) is 1. The number of rotatable bonds is 6. The van der Waals surface area contributed by atoms with E-state index in [1.54, 1.807) is 6.92 Å². The minimum Gasteiger partial charge on any atom is -0.480 e. The first-order valence-electron chi connectivity index (χ1n) is 5.99. The van der Waals surface area contributed by atoms with Gasteiger partial charge in [0.2, 0.25) is 0 Å². The number of methoxy groups -OCH3 is 1. The molecule has 0 saturated carbocycles. The molecule has 1 rings (SSSR count). The molecule has 1 saturated heterocycles. The van der Waals surface area contributed by atoms with Crippen LogP contribution in [0.1, 0.15) is 13.3 Å². The van der Waals surface area contributed by atoms with Crippen LogP contribution in [0.3, 0.4) is 0 Å². The maximum absolute atomic E-state index is 10.9. The number of carbonyl (C=O) groups is 1. The molecule has 1 aliphatic rings. The number of aliphatic hydroxyl groups excluding tert-OH is 3. The van der Waals surface area contributed by atoms with Crippen LogP contribution in [0.4, 0.5) is 0 Å². The van der Waals surface area contributed by atoms with Crippen molar-refractivity contribution in [2.24, 2.45) is 0 Å². The number of ether oxygens (including phenoxy) is 2. The first-order chi connectivity index (χ1) is 8.92. The van der Waals surface area contributed by atoms with E-state index in [0.717, 1.165) is 11.8 Å². The second-order valence-electron chi connectivity index (χ2n) is 4.32. The lowest BCUT2D eigenvalue weighted by Crippen LogP contribution is -2.58. The van der Waals surface area contributed by atoms with Gasteiger partial charge in [-0.1, -0.05) is 6.92 Å². The van der Waals surface area contributed by atoms with Gasteiger partial charge in [0.25, 0.3) is 0 Å². The van der Waals surface area contributed by atoms with Crippen molar-refractivity contribution in [3.05, 3.63) is 0 Å². The van der Waals surface area contributed by atoms with Gasteiger partial charge in [-0.3, -0.25) is 4.79 Å². The minimum atomic E-state index is -1.38. The molecule has 8 heteroatoms. The van der Waals surface area contributed by atoms with E-state index in [1.165, 1.54) is 7.11 Å².